The highest BCUT2D eigenvalue weighted by molar-refractivity contribution is 7.99. The van der Waals surface area contributed by atoms with Gasteiger partial charge < -0.3 is 19.6 Å². The van der Waals surface area contributed by atoms with Crippen molar-refractivity contribution in [3.05, 3.63) is 0 Å². The van der Waals surface area contributed by atoms with Gasteiger partial charge in [-0.15, -0.1) is 11.8 Å². The lowest BCUT2D eigenvalue weighted by molar-refractivity contribution is -0.144. The second-order valence-corrected chi connectivity index (χ2v) is 5.63. The molecule has 0 aliphatic carbocycles. The molecule has 1 rings (SSSR count). The Bertz CT molecular complexity index is 388. The van der Waals surface area contributed by atoms with Crippen molar-refractivity contribution in [3.8, 4) is 0 Å². The van der Waals surface area contributed by atoms with E-state index in [4.69, 9.17) is 9.84 Å². The molecule has 8 heteroatoms. The van der Waals surface area contributed by atoms with E-state index in [0.29, 0.717) is 11.6 Å². The van der Waals surface area contributed by atoms with Crippen molar-refractivity contribution >= 4 is 29.7 Å². The molecule has 0 aromatic heterocycles. The van der Waals surface area contributed by atoms with Crippen LogP contribution in [0, 0.1) is 0 Å². The van der Waals surface area contributed by atoms with Crippen molar-refractivity contribution in [2.45, 2.75) is 32.9 Å². The third kappa shape index (κ3) is 4.03. The predicted octanol–water partition coefficient (Wildman–Crippen LogP) is 0.839. The molecule has 1 saturated heterocycles. The van der Waals surface area contributed by atoms with Crippen LogP contribution in [0.3, 0.4) is 0 Å². The van der Waals surface area contributed by atoms with Gasteiger partial charge in [-0.05, 0) is 20.8 Å². The van der Waals surface area contributed by atoms with E-state index in [1.54, 1.807) is 20.8 Å². The summed E-state index contributed by atoms with van der Waals surface area (Å²) in [5.74, 6) is -0.828. The molecule has 1 atom stereocenters. The first kappa shape index (κ1) is 16.6. The number of carbonyl (C=O) groups excluding carboxylic acids is 2. The minimum Gasteiger partial charge on any atom is -0.480 e. The maximum atomic E-state index is 12.4. The summed E-state index contributed by atoms with van der Waals surface area (Å²) in [6.45, 7) is 5.32. The molecule has 0 aromatic carbocycles. The number of rotatable bonds is 5. The van der Waals surface area contributed by atoms with E-state index in [9.17, 15) is 14.4 Å². The van der Waals surface area contributed by atoms with Gasteiger partial charge in [-0.2, -0.15) is 0 Å². The third-order valence-corrected chi connectivity index (χ3v) is 3.90. The Morgan fingerprint density at radius 1 is 1.45 bits per heavy atom. The number of carboxylic acid groups (broad SMARTS) is 1. The van der Waals surface area contributed by atoms with Crippen LogP contribution in [-0.4, -0.2) is 69.7 Å². The molecule has 1 heterocycles. The number of amides is 2. The molecule has 1 N–H and O–H groups in total. The van der Waals surface area contributed by atoms with Gasteiger partial charge in [-0.25, -0.2) is 9.59 Å². The molecule has 0 aromatic rings. The van der Waals surface area contributed by atoms with Crippen LogP contribution >= 0.6 is 11.8 Å². The number of urea groups is 1. The molecule has 1 aliphatic rings. The van der Waals surface area contributed by atoms with Crippen molar-refractivity contribution in [2.75, 3.05) is 24.8 Å². The molecule has 0 saturated carbocycles. The highest BCUT2D eigenvalue weighted by atomic mass is 32.2. The Kier molecular flexibility index (Phi) is 6.12. The van der Waals surface area contributed by atoms with Gasteiger partial charge in [0.1, 0.15) is 12.6 Å². The minimum atomic E-state index is -1.02. The van der Waals surface area contributed by atoms with Gasteiger partial charge in [0.25, 0.3) is 0 Å². The van der Waals surface area contributed by atoms with Crippen molar-refractivity contribution in [1.29, 1.82) is 0 Å². The smallest absolute Gasteiger partial charge is 0.327 e. The first-order valence-corrected chi connectivity index (χ1v) is 7.57. The highest BCUT2D eigenvalue weighted by Crippen LogP contribution is 2.23. The maximum absolute atomic E-state index is 12.4. The standard InChI is InChI=1S/C12H20N2O5S/c1-4-19-10(15)5-13(8(2)3)12(18)14-7-20-6-9(14)11(16)17/h8-9H,4-7H2,1-3H3,(H,16,17)/t9-/m0/s1. The number of thioether (sulfide) groups is 1. The fraction of sp³-hybridized carbons (Fsp3) is 0.750. The maximum Gasteiger partial charge on any atom is 0.327 e. The van der Waals surface area contributed by atoms with Crippen molar-refractivity contribution in [1.82, 2.24) is 9.80 Å². The first-order chi connectivity index (χ1) is 9.38. The zero-order chi connectivity index (χ0) is 15.3. The van der Waals surface area contributed by atoms with Gasteiger partial charge in [0.15, 0.2) is 0 Å². The molecule has 0 bridgehead atoms. The molecular formula is C12H20N2O5S. The molecule has 114 valence electrons. The molecular weight excluding hydrogens is 284 g/mol. The van der Waals surface area contributed by atoms with Gasteiger partial charge >= 0.3 is 18.0 Å². The second kappa shape index (κ2) is 7.37. The van der Waals surface area contributed by atoms with E-state index in [1.807, 2.05) is 0 Å². The third-order valence-electron chi connectivity index (χ3n) is 2.89. The predicted molar refractivity (Wildman–Crippen MR) is 74.5 cm³/mol. The van der Waals surface area contributed by atoms with Crippen molar-refractivity contribution in [2.24, 2.45) is 0 Å². The quantitative estimate of drug-likeness (QED) is 0.757. The van der Waals surface area contributed by atoms with Gasteiger partial charge in [0, 0.05) is 11.8 Å². The summed E-state index contributed by atoms with van der Waals surface area (Å²) in [5, 5.41) is 9.10. The molecule has 7 nitrogen and oxygen atoms in total. The number of carbonyl (C=O) groups is 3. The summed E-state index contributed by atoms with van der Waals surface area (Å²) in [6, 6.07) is -1.49. The molecule has 20 heavy (non-hydrogen) atoms. The van der Waals surface area contributed by atoms with Crippen LogP contribution in [0.15, 0.2) is 0 Å². The SMILES string of the molecule is CCOC(=O)CN(C(=O)N1CSC[C@H]1C(=O)O)C(C)C. The lowest BCUT2D eigenvalue weighted by atomic mass is 10.3. The van der Waals surface area contributed by atoms with E-state index in [-0.39, 0.29) is 19.2 Å². The van der Waals surface area contributed by atoms with Crippen LogP contribution in [0.5, 0.6) is 0 Å². The number of nitrogens with zero attached hydrogens (tertiary/aromatic N) is 2. The summed E-state index contributed by atoms with van der Waals surface area (Å²) >= 11 is 1.39. The van der Waals surface area contributed by atoms with E-state index in [1.165, 1.54) is 21.6 Å². The van der Waals surface area contributed by atoms with Crippen LogP contribution in [0.1, 0.15) is 20.8 Å². The number of carboxylic acids is 1. The highest BCUT2D eigenvalue weighted by Gasteiger charge is 2.38. The summed E-state index contributed by atoms with van der Waals surface area (Å²) in [4.78, 5) is 37.7. The molecule has 0 radical (unpaired) electrons. The molecule has 1 fully saturated rings. The fourth-order valence-corrected chi connectivity index (χ4v) is 2.96. The Hall–Kier alpha value is -1.44. The summed E-state index contributed by atoms with van der Waals surface area (Å²) in [5.41, 5.74) is 0. The Labute approximate surface area is 122 Å². The lowest BCUT2D eigenvalue weighted by Gasteiger charge is -2.31. The average Bonchev–Trinajstić information content (AvgIpc) is 2.84. The lowest BCUT2D eigenvalue weighted by Crippen LogP contribution is -2.52. The van der Waals surface area contributed by atoms with E-state index >= 15 is 0 Å². The van der Waals surface area contributed by atoms with Crippen LogP contribution in [0.2, 0.25) is 0 Å². The number of hydrogen-bond donors (Lipinski definition) is 1. The number of esters is 1. The monoisotopic (exact) mass is 304 g/mol. The Morgan fingerprint density at radius 2 is 2.10 bits per heavy atom. The van der Waals surface area contributed by atoms with E-state index in [0.717, 1.165) is 0 Å². The zero-order valence-corrected chi connectivity index (χ0v) is 12.7. The van der Waals surface area contributed by atoms with Gasteiger partial charge in [0.05, 0.1) is 12.5 Å². The Morgan fingerprint density at radius 3 is 2.60 bits per heavy atom. The van der Waals surface area contributed by atoms with Crippen LogP contribution in [0.25, 0.3) is 0 Å². The van der Waals surface area contributed by atoms with Gasteiger partial charge in [-0.1, -0.05) is 0 Å². The summed E-state index contributed by atoms with van der Waals surface area (Å²) in [7, 11) is 0. The largest absolute Gasteiger partial charge is 0.480 e. The molecule has 2 amide bonds. The van der Waals surface area contributed by atoms with Gasteiger partial charge in [0.2, 0.25) is 0 Å². The fourth-order valence-electron chi connectivity index (χ4n) is 1.82. The zero-order valence-electron chi connectivity index (χ0n) is 11.9. The van der Waals surface area contributed by atoms with E-state index in [2.05, 4.69) is 0 Å². The summed E-state index contributed by atoms with van der Waals surface area (Å²) < 4.78 is 4.84. The molecule has 0 spiro atoms. The summed E-state index contributed by atoms with van der Waals surface area (Å²) in [6.07, 6.45) is 0. The average molecular weight is 304 g/mol. The van der Waals surface area contributed by atoms with Crippen molar-refractivity contribution in [3.63, 3.8) is 0 Å². The number of hydrogen-bond acceptors (Lipinski definition) is 5. The van der Waals surface area contributed by atoms with Crippen LogP contribution < -0.4 is 0 Å². The van der Waals surface area contributed by atoms with E-state index < -0.39 is 24.0 Å². The first-order valence-electron chi connectivity index (χ1n) is 6.41. The number of aliphatic carboxylic acids is 1. The minimum absolute atomic E-state index is 0.169. The normalized spacial score (nSPS) is 18.2. The van der Waals surface area contributed by atoms with Crippen LogP contribution in [-0.2, 0) is 14.3 Å². The number of ether oxygens (including phenoxy) is 1. The second-order valence-electron chi connectivity index (χ2n) is 4.63. The van der Waals surface area contributed by atoms with Crippen molar-refractivity contribution < 1.29 is 24.2 Å². The van der Waals surface area contributed by atoms with Gasteiger partial charge in [-0.3, -0.25) is 4.79 Å². The van der Waals surface area contributed by atoms with Crippen LogP contribution in [0.4, 0.5) is 4.79 Å². The molecule has 1 aliphatic heterocycles. The molecule has 0 unspecified atom stereocenters. The topological polar surface area (TPSA) is 87.2 Å². The Balaban J connectivity index is 2.78.